The average molecular weight is 460 g/mol. The molecule has 2 heterocycles. The summed E-state index contributed by atoms with van der Waals surface area (Å²) in [5.41, 5.74) is 2.17. The highest BCUT2D eigenvalue weighted by Gasteiger charge is 2.47. The Labute approximate surface area is 195 Å². The van der Waals surface area contributed by atoms with E-state index in [2.05, 4.69) is 4.98 Å². The number of nitrogens with zero attached hydrogens (tertiary/aromatic N) is 3. The molecule has 33 heavy (non-hydrogen) atoms. The van der Waals surface area contributed by atoms with Crippen LogP contribution in [0.4, 0.5) is 5.69 Å². The zero-order valence-electron chi connectivity index (χ0n) is 17.7. The molecule has 1 amide bonds. The summed E-state index contributed by atoms with van der Waals surface area (Å²) in [6, 6.07) is 14.0. The van der Waals surface area contributed by atoms with Gasteiger partial charge < -0.3 is 9.84 Å². The van der Waals surface area contributed by atoms with Crippen molar-refractivity contribution in [2.45, 2.75) is 13.0 Å². The van der Waals surface area contributed by atoms with Crippen LogP contribution in [0, 0.1) is 18.3 Å². The van der Waals surface area contributed by atoms with Gasteiger partial charge in [-0.15, -0.1) is 0 Å². The molecular formula is C25H18ClN3O4. The van der Waals surface area contributed by atoms with Gasteiger partial charge in [0.25, 0.3) is 11.7 Å². The number of hydrogen-bond acceptors (Lipinski definition) is 6. The van der Waals surface area contributed by atoms with Crippen LogP contribution in [0.2, 0.25) is 5.02 Å². The second-order valence-corrected chi connectivity index (χ2v) is 7.85. The number of pyridine rings is 1. The predicted octanol–water partition coefficient (Wildman–Crippen LogP) is 4.55. The molecule has 1 fully saturated rings. The fourth-order valence-electron chi connectivity index (χ4n) is 3.91. The second-order valence-electron chi connectivity index (χ2n) is 7.44. The van der Waals surface area contributed by atoms with Crippen LogP contribution in [-0.2, 0) is 9.59 Å². The van der Waals surface area contributed by atoms with E-state index in [4.69, 9.17) is 21.6 Å². The molecule has 0 radical (unpaired) electrons. The molecule has 0 bridgehead atoms. The van der Waals surface area contributed by atoms with Gasteiger partial charge in [0.1, 0.15) is 11.5 Å². The number of aromatic nitrogens is 1. The van der Waals surface area contributed by atoms with Crippen LogP contribution >= 0.6 is 11.6 Å². The van der Waals surface area contributed by atoms with Crippen LogP contribution in [0.15, 0.2) is 66.5 Å². The molecule has 1 atom stereocenters. The van der Waals surface area contributed by atoms with Crippen molar-refractivity contribution in [1.82, 2.24) is 4.98 Å². The number of rotatable bonds is 4. The van der Waals surface area contributed by atoms with E-state index in [9.17, 15) is 14.7 Å². The van der Waals surface area contributed by atoms with Gasteiger partial charge in [-0.2, -0.15) is 5.26 Å². The van der Waals surface area contributed by atoms with Crippen LogP contribution in [0.25, 0.3) is 5.76 Å². The zero-order valence-corrected chi connectivity index (χ0v) is 18.5. The minimum Gasteiger partial charge on any atom is -0.507 e. The number of ketones is 1. The number of hydrogen-bond donors (Lipinski definition) is 1. The fourth-order valence-corrected chi connectivity index (χ4v) is 4.26. The number of Topliss-reactive ketones (excluding diaryl/α,β-unsaturated/α-hetero) is 1. The van der Waals surface area contributed by atoms with Gasteiger partial charge in [-0.3, -0.25) is 19.5 Å². The summed E-state index contributed by atoms with van der Waals surface area (Å²) in [5, 5.41) is 20.7. The first-order valence-electron chi connectivity index (χ1n) is 9.93. The van der Waals surface area contributed by atoms with Gasteiger partial charge in [0.05, 0.1) is 40.9 Å². The van der Waals surface area contributed by atoms with Gasteiger partial charge in [-0.25, -0.2) is 0 Å². The number of aryl methyl sites for hydroxylation is 1. The van der Waals surface area contributed by atoms with Crippen LogP contribution in [0.3, 0.4) is 0 Å². The van der Waals surface area contributed by atoms with Crippen molar-refractivity contribution >= 4 is 34.7 Å². The quantitative estimate of drug-likeness (QED) is 0.348. The lowest BCUT2D eigenvalue weighted by Gasteiger charge is -2.25. The standard InChI is InChI=1S/C25H18ClN3O4/c1-14-10-18(24(33-2)19(26)11-14)22(30)20-21(16-4-3-9-28-13-16)29(25(32)23(20)31)17-7-5-15(12-27)6-8-17/h3-11,13,21,30H,1-2H3/b22-20+. The zero-order chi connectivity index (χ0) is 23.7. The number of nitriles is 1. The van der Waals surface area contributed by atoms with E-state index in [0.29, 0.717) is 16.8 Å². The molecule has 4 rings (SSSR count). The predicted molar refractivity (Wildman–Crippen MR) is 123 cm³/mol. The van der Waals surface area contributed by atoms with E-state index in [-0.39, 0.29) is 21.9 Å². The minimum absolute atomic E-state index is 0.114. The summed E-state index contributed by atoms with van der Waals surface area (Å²) in [6.07, 6.45) is 3.10. The largest absolute Gasteiger partial charge is 0.507 e. The molecule has 1 unspecified atom stereocenters. The average Bonchev–Trinajstić information content (AvgIpc) is 3.09. The van der Waals surface area contributed by atoms with Gasteiger partial charge in [-0.05, 0) is 60.5 Å². The number of carbonyl (C=O) groups is 2. The number of benzene rings is 2. The van der Waals surface area contributed by atoms with Gasteiger partial charge in [0, 0.05) is 18.1 Å². The smallest absolute Gasteiger partial charge is 0.300 e. The number of aliphatic hydroxyl groups excluding tert-OH is 1. The number of aliphatic hydroxyl groups is 1. The monoisotopic (exact) mass is 459 g/mol. The number of ether oxygens (including phenoxy) is 1. The molecule has 7 nitrogen and oxygen atoms in total. The van der Waals surface area contributed by atoms with E-state index < -0.39 is 23.5 Å². The Balaban J connectivity index is 1.98. The summed E-state index contributed by atoms with van der Waals surface area (Å²) < 4.78 is 5.37. The highest BCUT2D eigenvalue weighted by Crippen LogP contribution is 2.44. The fraction of sp³-hybridized carbons (Fsp3) is 0.120. The first-order chi connectivity index (χ1) is 15.9. The summed E-state index contributed by atoms with van der Waals surface area (Å²) >= 11 is 6.30. The number of anilines is 1. The van der Waals surface area contributed by atoms with E-state index in [0.717, 1.165) is 5.56 Å². The Morgan fingerprint density at radius 1 is 1.21 bits per heavy atom. The lowest BCUT2D eigenvalue weighted by molar-refractivity contribution is -0.132. The summed E-state index contributed by atoms with van der Waals surface area (Å²) in [4.78, 5) is 31.8. The maximum absolute atomic E-state index is 13.2. The first kappa shape index (κ1) is 22.1. The van der Waals surface area contributed by atoms with Crippen molar-refractivity contribution in [2.24, 2.45) is 0 Å². The summed E-state index contributed by atoms with van der Waals surface area (Å²) in [5.74, 6) is -1.88. The molecule has 1 N–H and O–H groups in total. The first-order valence-corrected chi connectivity index (χ1v) is 10.3. The molecule has 2 aromatic carbocycles. The van der Waals surface area contributed by atoms with Gasteiger partial charge >= 0.3 is 0 Å². The Morgan fingerprint density at radius 2 is 1.94 bits per heavy atom. The topological polar surface area (TPSA) is 104 Å². The van der Waals surface area contributed by atoms with Crippen molar-refractivity contribution in [1.29, 1.82) is 5.26 Å². The molecule has 0 aliphatic carbocycles. The maximum Gasteiger partial charge on any atom is 0.300 e. The van der Waals surface area contributed by atoms with Crippen molar-refractivity contribution < 1.29 is 19.4 Å². The highest BCUT2D eigenvalue weighted by atomic mass is 35.5. The Hall–Kier alpha value is -4.15. The van der Waals surface area contributed by atoms with Crippen molar-refractivity contribution in [3.05, 3.63) is 93.8 Å². The number of carbonyl (C=O) groups excluding carboxylic acids is 2. The number of amides is 1. The van der Waals surface area contributed by atoms with Gasteiger partial charge in [0.2, 0.25) is 0 Å². The van der Waals surface area contributed by atoms with Gasteiger partial charge in [0.15, 0.2) is 0 Å². The lowest BCUT2D eigenvalue weighted by Crippen LogP contribution is -2.29. The summed E-state index contributed by atoms with van der Waals surface area (Å²) in [7, 11) is 1.40. The minimum atomic E-state index is -0.948. The van der Waals surface area contributed by atoms with E-state index in [1.54, 1.807) is 61.7 Å². The molecule has 1 aromatic heterocycles. The normalized spacial score (nSPS) is 17.2. The number of halogens is 1. The van der Waals surface area contributed by atoms with Crippen LogP contribution in [0.1, 0.15) is 28.3 Å². The molecular weight excluding hydrogens is 442 g/mol. The van der Waals surface area contributed by atoms with Crippen LogP contribution in [-0.4, -0.2) is 28.9 Å². The second kappa shape index (κ2) is 8.77. The van der Waals surface area contributed by atoms with Gasteiger partial charge in [-0.1, -0.05) is 17.7 Å². The third-order valence-electron chi connectivity index (χ3n) is 5.37. The molecule has 3 aromatic rings. The third kappa shape index (κ3) is 3.81. The molecule has 1 aliphatic heterocycles. The molecule has 1 saturated heterocycles. The SMILES string of the molecule is COc1c(Cl)cc(C)cc1/C(O)=C1\C(=O)C(=O)N(c2ccc(C#N)cc2)C1c1cccnc1. The highest BCUT2D eigenvalue weighted by molar-refractivity contribution is 6.51. The van der Waals surface area contributed by atoms with E-state index in [1.165, 1.54) is 18.2 Å². The van der Waals surface area contributed by atoms with Crippen molar-refractivity contribution in [3.8, 4) is 11.8 Å². The van der Waals surface area contributed by atoms with Crippen LogP contribution < -0.4 is 9.64 Å². The molecule has 1 aliphatic rings. The third-order valence-corrected chi connectivity index (χ3v) is 5.65. The number of methoxy groups -OCH3 is 1. The lowest BCUT2D eigenvalue weighted by atomic mass is 9.95. The van der Waals surface area contributed by atoms with E-state index in [1.807, 2.05) is 6.07 Å². The van der Waals surface area contributed by atoms with Crippen molar-refractivity contribution in [2.75, 3.05) is 12.0 Å². The van der Waals surface area contributed by atoms with Crippen LogP contribution in [0.5, 0.6) is 5.75 Å². The molecule has 0 saturated carbocycles. The molecule has 8 heteroatoms. The Kier molecular flexibility index (Phi) is 5.86. The maximum atomic E-state index is 13.2. The summed E-state index contributed by atoms with van der Waals surface area (Å²) in [6.45, 7) is 1.79. The Bertz CT molecular complexity index is 1330. The van der Waals surface area contributed by atoms with E-state index >= 15 is 0 Å². The molecule has 0 spiro atoms. The van der Waals surface area contributed by atoms with Crippen molar-refractivity contribution in [3.63, 3.8) is 0 Å². The molecule has 164 valence electrons. The Morgan fingerprint density at radius 3 is 2.55 bits per heavy atom.